The van der Waals surface area contributed by atoms with Gasteiger partial charge in [0.25, 0.3) is 0 Å². The zero-order valence-corrected chi connectivity index (χ0v) is 8.77. The molecule has 0 aliphatic heterocycles. The van der Waals surface area contributed by atoms with E-state index in [1.807, 2.05) is 0 Å². The molecule has 0 bridgehead atoms. The molecular weight excluding hydrogens is 146 g/mol. The number of hydrogen-bond acceptors (Lipinski definition) is 1. The summed E-state index contributed by atoms with van der Waals surface area (Å²) >= 11 is 0. The molecule has 0 spiro atoms. The topological polar surface area (TPSA) is 12.0 Å². The van der Waals surface area contributed by atoms with E-state index in [1.165, 1.54) is 32.1 Å². The van der Waals surface area contributed by atoms with Gasteiger partial charge in [-0.3, -0.25) is 0 Å². The lowest BCUT2D eigenvalue weighted by Crippen LogP contribution is -2.38. The van der Waals surface area contributed by atoms with Crippen LogP contribution >= 0.6 is 0 Å². The molecule has 0 radical (unpaired) electrons. The Balaban J connectivity index is 2.28. The minimum atomic E-state index is 0.760. The van der Waals surface area contributed by atoms with E-state index in [-0.39, 0.29) is 0 Å². The van der Waals surface area contributed by atoms with Crippen LogP contribution in [0.25, 0.3) is 0 Å². The second-order valence-corrected chi connectivity index (χ2v) is 4.19. The first-order chi connectivity index (χ1) is 5.77. The minimum Gasteiger partial charge on any atom is -0.311 e. The molecule has 12 heavy (non-hydrogen) atoms. The zero-order chi connectivity index (χ0) is 8.97. The maximum atomic E-state index is 3.77. The summed E-state index contributed by atoms with van der Waals surface area (Å²) in [6, 6.07) is 1.57. The minimum absolute atomic E-state index is 0.760. The van der Waals surface area contributed by atoms with Crippen molar-refractivity contribution in [3.8, 4) is 0 Å². The maximum Gasteiger partial charge on any atom is 0.00952 e. The smallest absolute Gasteiger partial charge is 0.00952 e. The van der Waals surface area contributed by atoms with Gasteiger partial charge < -0.3 is 5.32 Å². The van der Waals surface area contributed by atoms with Crippen LogP contribution in [0, 0.1) is 5.92 Å². The van der Waals surface area contributed by atoms with Gasteiger partial charge in [-0.05, 0) is 31.6 Å². The van der Waals surface area contributed by atoms with Crippen LogP contribution in [0.4, 0.5) is 0 Å². The molecule has 1 rings (SSSR count). The largest absolute Gasteiger partial charge is 0.311 e. The molecule has 1 saturated carbocycles. The fourth-order valence-electron chi connectivity index (χ4n) is 2.22. The summed E-state index contributed by atoms with van der Waals surface area (Å²) in [7, 11) is 0. The average Bonchev–Trinajstić information content (AvgIpc) is 2.47. The first-order valence-electron chi connectivity index (χ1n) is 5.54. The summed E-state index contributed by atoms with van der Waals surface area (Å²) in [5, 5.41) is 3.77. The third-order valence-electron chi connectivity index (χ3n) is 3.30. The SMILES string of the molecule is CCC(CC)NC1CCCC1C. The van der Waals surface area contributed by atoms with Crippen LogP contribution in [0.5, 0.6) is 0 Å². The van der Waals surface area contributed by atoms with Crippen molar-refractivity contribution in [1.29, 1.82) is 0 Å². The molecule has 1 aliphatic rings. The second-order valence-electron chi connectivity index (χ2n) is 4.19. The van der Waals surface area contributed by atoms with E-state index in [0.717, 1.165) is 18.0 Å². The van der Waals surface area contributed by atoms with Crippen LogP contribution < -0.4 is 5.32 Å². The van der Waals surface area contributed by atoms with Crippen molar-refractivity contribution in [2.45, 2.75) is 65.0 Å². The molecule has 1 heteroatoms. The third-order valence-corrected chi connectivity index (χ3v) is 3.30. The average molecular weight is 169 g/mol. The van der Waals surface area contributed by atoms with E-state index >= 15 is 0 Å². The highest BCUT2D eigenvalue weighted by atomic mass is 15.0. The first kappa shape index (κ1) is 10.0. The lowest BCUT2D eigenvalue weighted by molar-refractivity contribution is 0.358. The van der Waals surface area contributed by atoms with Crippen molar-refractivity contribution in [3.05, 3.63) is 0 Å². The van der Waals surface area contributed by atoms with Gasteiger partial charge in [-0.15, -0.1) is 0 Å². The van der Waals surface area contributed by atoms with Crippen molar-refractivity contribution in [1.82, 2.24) is 5.32 Å². The molecule has 0 heterocycles. The molecule has 1 aliphatic carbocycles. The monoisotopic (exact) mass is 169 g/mol. The quantitative estimate of drug-likeness (QED) is 0.682. The van der Waals surface area contributed by atoms with Gasteiger partial charge in [0.2, 0.25) is 0 Å². The van der Waals surface area contributed by atoms with Gasteiger partial charge in [0, 0.05) is 12.1 Å². The van der Waals surface area contributed by atoms with Crippen LogP contribution in [-0.2, 0) is 0 Å². The summed E-state index contributed by atoms with van der Waals surface area (Å²) in [5.74, 6) is 0.908. The molecule has 0 aromatic rings. The van der Waals surface area contributed by atoms with Gasteiger partial charge in [0.1, 0.15) is 0 Å². The summed E-state index contributed by atoms with van der Waals surface area (Å²) < 4.78 is 0. The predicted molar refractivity (Wildman–Crippen MR) is 54.3 cm³/mol. The standard InChI is InChI=1S/C11H23N/c1-4-10(5-2)12-11-8-6-7-9(11)3/h9-12H,4-8H2,1-3H3. The Labute approximate surface area is 76.9 Å². The van der Waals surface area contributed by atoms with Crippen molar-refractivity contribution < 1.29 is 0 Å². The summed E-state index contributed by atoms with van der Waals surface area (Å²) in [6.45, 7) is 6.94. The fourth-order valence-corrected chi connectivity index (χ4v) is 2.22. The van der Waals surface area contributed by atoms with E-state index in [0.29, 0.717) is 0 Å². The Bertz CT molecular complexity index is 118. The van der Waals surface area contributed by atoms with Crippen molar-refractivity contribution in [2.24, 2.45) is 5.92 Å². The normalized spacial score (nSPS) is 30.0. The Hall–Kier alpha value is -0.0400. The number of rotatable bonds is 4. The molecule has 1 N–H and O–H groups in total. The van der Waals surface area contributed by atoms with Crippen molar-refractivity contribution >= 4 is 0 Å². The molecular formula is C11H23N. The summed E-state index contributed by atoms with van der Waals surface area (Å²) in [5.41, 5.74) is 0. The molecule has 2 unspecified atom stereocenters. The molecule has 0 aromatic heterocycles. The van der Waals surface area contributed by atoms with E-state index < -0.39 is 0 Å². The molecule has 1 nitrogen and oxygen atoms in total. The van der Waals surface area contributed by atoms with Crippen LogP contribution in [-0.4, -0.2) is 12.1 Å². The third kappa shape index (κ3) is 2.48. The highest BCUT2D eigenvalue weighted by Gasteiger charge is 2.24. The molecule has 0 amide bonds. The van der Waals surface area contributed by atoms with Gasteiger partial charge >= 0.3 is 0 Å². The fraction of sp³-hybridized carbons (Fsp3) is 1.00. The lowest BCUT2D eigenvalue weighted by atomic mass is 10.0. The van der Waals surface area contributed by atoms with E-state index in [2.05, 4.69) is 26.1 Å². The summed E-state index contributed by atoms with van der Waals surface area (Å²) in [6.07, 6.45) is 6.81. The van der Waals surface area contributed by atoms with Gasteiger partial charge in [-0.1, -0.05) is 27.2 Å². The van der Waals surface area contributed by atoms with Crippen molar-refractivity contribution in [2.75, 3.05) is 0 Å². The molecule has 0 saturated heterocycles. The number of nitrogens with one attached hydrogen (secondary N) is 1. The van der Waals surface area contributed by atoms with Gasteiger partial charge in [-0.25, -0.2) is 0 Å². The van der Waals surface area contributed by atoms with Crippen LogP contribution in [0.3, 0.4) is 0 Å². The van der Waals surface area contributed by atoms with E-state index in [9.17, 15) is 0 Å². The van der Waals surface area contributed by atoms with Crippen LogP contribution in [0.2, 0.25) is 0 Å². The Kier molecular flexibility index (Phi) is 4.07. The zero-order valence-electron chi connectivity index (χ0n) is 8.77. The molecule has 2 atom stereocenters. The van der Waals surface area contributed by atoms with E-state index in [1.54, 1.807) is 0 Å². The van der Waals surface area contributed by atoms with Gasteiger partial charge in [-0.2, -0.15) is 0 Å². The maximum absolute atomic E-state index is 3.77. The Morgan fingerprint density at radius 2 is 1.92 bits per heavy atom. The van der Waals surface area contributed by atoms with Crippen LogP contribution in [0.1, 0.15) is 52.9 Å². The Morgan fingerprint density at radius 3 is 2.33 bits per heavy atom. The second kappa shape index (κ2) is 4.86. The predicted octanol–water partition coefficient (Wildman–Crippen LogP) is 2.95. The first-order valence-corrected chi connectivity index (χ1v) is 5.54. The van der Waals surface area contributed by atoms with Gasteiger partial charge in [0.15, 0.2) is 0 Å². The van der Waals surface area contributed by atoms with Crippen molar-refractivity contribution in [3.63, 3.8) is 0 Å². The molecule has 72 valence electrons. The van der Waals surface area contributed by atoms with E-state index in [4.69, 9.17) is 0 Å². The molecule has 1 fully saturated rings. The lowest BCUT2D eigenvalue weighted by Gasteiger charge is -2.23. The highest BCUT2D eigenvalue weighted by Crippen LogP contribution is 2.25. The summed E-state index contributed by atoms with van der Waals surface area (Å²) in [4.78, 5) is 0. The number of hydrogen-bond donors (Lipinski definition) is 1. The molecule has 0 aromatic carbocycles. The Morgan fingerprint density at radius 1 is 1.25 bits per heavy atom. The van der Waals surface area contributed by atoms with Gasteiger partial charge in [0.05, 0.1) is 0 Å². The van der Waals surface area contributed by atoms with Crippen LogP contribution in [0.15, 0.2) is 0 Å². The highest BCUT2D eigenvalue weighted by molar-refractivity contribution is 4.82.